The van der Waals surface area contributed by atoms with Gasteiger partial charge in [0.2, 0.25) is 0 Å². The fourth-order valence-electron chi connectivity index (χ4n) is 2.91. The summed E-state index contributed by atoms with van der Waals surface area (Å²) in [4.78, 5) is 16.8. The smallest absolute Gasteiger partial charge is 0.255 e. The van der Waals surface area contributed by atoms with Crippen LogP contribution in [0.4, 0.5) is 11.4 Å². The number of aliphatic imine (C=N–C) groups is 1. The van der Waals surface area contributed by atoms with Crippen molar-refractivity contribution in [3.05, 3.63) is 59.2 Å². The fourth-order valence-corrected chi connectivity index (χ4v) is 3.49. The van der Waals surface area contributed by atoms with Gasteiger partial charge < -0.3 is 11.1 Å². The molecule has 0 saturated heterocycles. The second-order valence-corrected chi connectivity index (χ2v) is 7.25. The summed E-state index contributed by atoms with van der Waals surface area (Å²) in [6.45, 7) is 2.11. The lowest BCUT2D eigenvalue weighted by molar-refractivity contribution is 0.102. The average molecular weight is 353 g/mol. The topological polar surface area (TPSA) is 67.5 Å². The third kappa shape index (κ3) is 4.63. The molecule has 2 aromatic rings. The van der Waals surface area contributed by atoms with E-state index in [0.29, 0.717) is 10.7 Å². The van der Waals surface area contributed by atoms with Crippen LogP contribution in [0.3, 0.4) is 0 Å². The largest absolute Gasteiger partial charge is 0.378 e. The van der Waals surface area contributed by atoms with Crippen LogP contribution in [0.1, 0.15) is 41.3 Å². The van der Waals surface area contributed by atoms with Gasteiger partial charge in [-0.2, -0.15) is 0 Å². The summed E-state index contributed by atoms with van der Waals surface area (Å²) < 4.78 is 0. The number of thioether (sulfide) groups is 1. The predicted octanol–water partition coefficient (Wildman–Crippen LogP) is 4.52. The van der Waals surface area contributed by atoms with E-state index in [0.717, 1.165) is 36.4 Å². The van der Waals surface area contributed by atoms with Gasteiger partial charge in [0.05, 0.1) is 5.69 Å². The summed E-state index contributed by atoms with van der Waals surface area (Å²) in [5, 5.41) is 3.53. The van der Waals surface area contributed by atoms with Crippen molar-refractivity contribution in [2.24, 2.45) is 10.7 Å². The molecule has 0 atom stereocenters. The van der Waals surface area contributed by atoms with E-state index in [1.807, 2.05) is 18.2 Å². The molecule has 2 aromatic carbocycles. The first-order valence-electron chi connectivity index (χ1n) is 8.66. The maximum absolute atomic E-state index is 12.4. The van der Waals surface area contributed by atoms with Crippen LogP contribution in [0, 0.1) is 0 Å². The van der Waals surface area contributed by atoms with E-state index in [1.165, 1.54) is 17.5 Å². The number of anilines is 1. The quantitative estimate of drug-likeness (QED) is 0.613. The Balaban J connectivity index is 1.64. The number of amides is 1. The summed E-state index contributed by atoms with van der Waals surface area (Å²) in [5.41, 5.74) is 10.8. The van der Waals surface area contributed by atoms with Gasteiger partial charge in [-0.1, -0.05) is 24.8 Å². The minimum absolute atomic E-state index is 0.109. The molecular formula is C20H23N3OS. The van der Waals surface area contributed by atoms with Crippen LogP contribution in [0.15, 0.2) is 47.5 Å². The van der Waals surface area contributed by atoms with Gasteiger partial charge >= 0.3 is 0 Å². The van der Waals surface area contributed by atoms with E-state index in [-0.39, 0.29) is 5.91 Å². The number of nitrogens with one attached hydrogen (secondary N) is 1. The van der Waals surface area contributed by atoms with Crippen LogP contribution in [0.25, 0.3) is 0 Å². The number of hydrogen-bond acceptors (Lipinski definition) is 3. The normalized spacial score (nSPS) is 13.6. The molecule has 0 unspecified atom stereocenters. The van der Waals surface area contributed by atoms with Gasteiger partial charge in [0.25, 0.3) is 5.91 Å². The van der Waals surface area contributed by atoms with Gasteiger partial charge in [-0.3, -0.25) is 4.79 Å². The van der Waals surface area contributed by atoms with Crippen molar-refractivity contribution in [3.8, 4) is 0 Å². The van der Waals surface area contributed by atoms with E-state index in [9.17, 15) is 4.79 Å². The van der Waals surface area contributed by atoms with Crippen molar-refractivity contribution in [1.29, 1.82) is 0 Å². The first-order valence-corrected chi connectivity index (χ1v) is 9.64. The minimum atomic E-state index is -0.109. The van der Waals surface area contributed by atoms with Crippen LogP contribution in [-0.2, 0) is 12.8 Å². The highest BCUT2D eigenvalue weighted by atomic mass is 32.2. The first-order chi connectivity index (χ1) is 12.2. The van der Waals surface area contributed by atoms with E-state index >= 15 is 0 Å². The van der Waals surface area contributed by atoms with Crippen LogP contribution < -0.4 is 11.1 Å². The maximum Gasteiger partial charge on any atom is 0.255 e. The van der Waals surface area contributed by atoms with Gasteiger partial charge in [-0.05, 0) is 73.2 Å². The van der Waals surface area contributed by atoms with Crippen molar-refractivity contribution in [2.45, 2.75) is 32.6 Å². The summed E-state index contributed by atoms with van der Waals surface area (Å²) in [5.74, 6) is 0.846. The number of carbonyl (C=O) groups excluding carboxylic acids is 1. The molecule has 0 heterocycles. The molecule has 4 nitrogen and oxygen atoms in total. The van der Waals surface area contributed by atoms with Gasteiger partial charge in [0.15, 0.2) is 5.17 Å². The Bertz CT molecular complexity index is 784. The van der Waals surface area contributed by atoms with Crippen LogP contribution in [0.2, 0.25) is 0 Å². The van der Waals surface area contributed by atoms with Gasteiger partial charge in [-0.25, -0.2) is 4.99 Å². The monoisotopic (exact) mass is 353 g/mol. The molecule has 0 bridgehead atoms. The second kappa shape index (κ2) is 8.21. The number of benzene rings is 2. The molecule has 1 amide bonds. The zero-order chi connectivity index (χ0) is 17.6. The van der Waals surface area contributed by atoms with Crippen molar-refractivity contribution in [2.75, 3.05) is 11.1 Å². The highest BCUT2D eigenvalue weighted by molar-refractivity contribution is 8.13. The zero-order valence-electron chi connectivity index (χ0n) is 14.4. The van der Waals surface area contributed by atoms with Gasteiger partial charge in [0.1, 0.15) is 0 Å². The average Bonchev–Trinajstić information content (AvgIpc) is 3.08. The Morgan fingerprint density at radius 1 is 1.16 bits per heavy atom. The summed E-state index contributed by atoms with van der Waals surface area (Å²) in [6, 6.07) is 13.4. The molecule has 3 N–H and O–H groups in total. The maximum atomic E-state index is 12.4. The highest BCUT2D eigenvalue weighted by Crippen LogP contribution is 2.25. The van der Waals surface area contributed by atoms with Gasteiger partial charge in [0, 0.05) is 17.0 Å². The number of nitrogens with two attached hydrogens (primary N) is 1. The molecule has 1 aliphatic carbocycles. The summed E-state index contributed by atoms with van der Waals surface area (Å²) >= 11 is 1.54. The number of amidine groups is 1. The third-order valence-corrected chi connectivity index (χ3v) is 5.18. The Labute approximate surface area is 152 Å². The van der Waals surface area contributed by atoms with Crippen LogP contribution >= 0.6 is 11.8 Å². The molecule has 130 valence electrons. The van der Waals surface area contributed by atoms with Crippen LogP contribution in [-0.4, -0.2) is 16.8 Å². The zero-order valence-corrected chi connectivity index (χ0v) is 15.2. The lowest BCUT2D eigenvalue weighted by atomic mass is 10.1. The Morgan fingerprint density at radius 3 is 2.68 bits per heavy atom. The molecule has 0 spiro atoms. The van der Waals surface area contributed by atoms with Crippen LogP contribution in [0.5, 0.6) is 0 Å². The number of hydrogen-bond donors (Lipinski definition) is 2. The predicted molar refractivity (Wildman–Crippen MR) is 107 cm³/mol. The molecule has 0 aromatic heterocycles. The molecule has 3 rings (SSSR count). The fraction of sp³-hybridized carbons (Fsp3) is 0.300. The SMILES string of the molecule is CCCSC(N)=Nc1ccc(C(=O)Nc2ccc3c(c2)CCC3)cc1. The number of nitrogens with zero attached hydrogens (tertiary/aromatic N) is 1. The molecule has 0 saturated carbocycles. The number of rotatable bonds is 5. The Hall–Kier alpha value is -2.27. The molecule has 0 radical (unpaired) electrons. The Morgan fingerprint density at radius 2 is 1.92 bits per heavy atom. The number of aryl methyl sites for hydroxylation is 2. The van der Waals surface area contributed by atoms with E-state index in [2.05, 4.69) is 29.4 Å². The lowest BCUT2D eigenvalue weighted by Gasteiger charge is -2.08. The lowest BCUT2D eigenvalue weighted by Crippen LogP contribution is -2.12. The standard InChI is InChI=1S/C20H23N3OS/c1-2-12-25-20(21)23-17-9-7-15(8-10-17)19(24)22-18-11-6-14-4-3-5-16(14)13-18/h6-11,13H,2-5,12H2,1H3,(H2,21,23)(H,22,24). The molecule has 1 aliphatic rings. The Kier molecular flexibility index (Phi) is 5.76. The molecular weight excluding hydrogens is 330 g/mol. The van der Waals surface area contributed by atoms with Gasteiger partial charge in [-0.15, -0.1) is 0 Å². The highest BCUT2D eigenvalue weighted by Gasteiger charge is 2.12. The van der Waals surface area contributed by atoms with Crippen molar-refractivity contribution in [1.82, 2.24) is 0 Å². The van der Waals surface area contributed by atoms with Crippen molar-refractivity contribution in [3.63, 3.8) is 0 Å². The number of carbonyl (C=O) groups is 1. The molecule has 5 heteroatoms. The molecule has 25 heavy (non-hydrogen) atoms. The van der Waals surface area contributed by atoms with E-state index in [4.69, 9.17) is 5.73 Å². The first kappa shape index (κ1) is 17.5. The van der Waals surface area contributed by atoms with Crippen molar-refractivity contribution >= 4 is 34.2 Å². The van der Waals surface area contributed by atoms with Crippen molar-refractivity contribution < 1.29 is 4.79 Å². The molecule has 0 fully saturated rings. The van der Waals surface area contributed by atoms with E-state index < -0.39 is 0 Å². The van der Waals surface area contributed by atoms with E-state index in [1.54, 1.807) is 23.9 Å². The number of fused-ring (bicyclic) bond motifs is 1. The third-order valence-electron chi connectivity index (χ3n) is 4.18. The summed E-state index contributed by atoms with van der Waals surface area (Å²) in [7, 11) is 0. The minimum Gasteiger partial charge on any atom is -0.378 e. The molecule has 0 aliphatic heterocycles. The second-order valence-electron chi connectivity index (χ2n) is 6.14. The summed E-state index contributed by atoms with van der Waals surface area (Å²) in [6.07, 6.45) is 4.51.